The van der Waals surface area contributed by atoms with E-state index in [2.05, 4.69) is 35.1 Å². The number of anilines is 3. The summed E-state index contributed by atoms with van der Waals surface area (Å²) in [5, 5.41) is 3.23. The maximum atomic E-state index is 5.92. The van der Waals surface area contributed by atoms with E-state index in [1.165, 1.54) is 0 Å². The summed E-state index contributed by atoms with van der Waals surface area (Å²) in [6.45, 7) is 4.89. The second-order valence-electron chi connectivity index (χ2n) is 7.09. The number of rotatable bonds is 7. The van der Waals surface area contributed by atoms with Crippen molar-refractivity contribution in [3.63, 3.8) is 0 Å². The molecular formula is C21H26N8O. The van der Waals surface area contributed by atoms with Crippen molar-refractivity contribution >= 4 is 17.7 Å². The molecule has 156 valence electrons. The first-order chi connectivity index (χ1) is 14.7. The first-order valence-electron chi connectivity index (χ1n) is 9.95. The van der Waals surface area contributed by atoms with Gasteiger partial charge in [0.2, 0.25) is 11.9 Å². The van der Waals surface area contributed by atoms with E-state index in [1.807, 2.05) is 48.7 Å². The van der Waals surface area contributed by atoms with Crippen LogP contribution in [0.15, 0.2) is 48.7 Å². The lowest BCUT2D eigenvalue weighted by atomic mass is 10.2. The van der Waals surface area contributed by atoms with Gasteiger partial charge < -0.3 is 20.7 Å². The zero-order chi connectivity index (χ0) is 20.8. The van der Waals surface area contributed by atoms with Crippen LogP contribution in [-0.4, -0.2) is 58.1 Å². The third-order valence-electron chi connectivity index (χ3n) is 5.02. The van der Waals surface area contributed by atoms with Gasteiger partial charge in [0.05, 0.1) is 13.7 Å². The number of ether oxygens (including phenoxy) is 1. The Morgan fingerprint density at radius 2 is 1.80 bits per heavy atom. The molecule has 0 unspecified atom stereocenters. The molecule has 9 nitrogen and oxygen atoms in total. The van der Waals surface area contributed by atoms with Crippen molar-refractivity contribution in [2.24, 2.45) is 0 Å². The minimum atomic E-state index is 0.226. The summed E-state index contributed by atoms with van der Waals surface area (Å²) in [5.74, 6) is 3.23. The molecule has 4 rings (SSSR count). The lowest BCUT2D eigenvalue weighted by Gasteiger charge is -2.34. The fraction of sp³-hybridized carbons (Fsp3) is 0.333. The lowest BCUT2D eigenvalue weighted by molar-refractivity contribution is 0.243. The quantitative estimate of drug-likeness (QED) is 0.607. The van der Waals surface area contributed by atoms with Crippen LogP contribution in [0.4, 0.5) is 17.7 Å². The van der Waals surface area contributed by atoms with Crippen molar-refractivity contribution in [2.75, 3.05) is 49.2 Å². The Bertz CT molecular complexity index is 943. The maximum absolute atomic E-state index is 5.92. The number of pyridine rings is 1. The summed E-state index contributed by atoms with van der Waals surface area (Å²) in [7, 11) is 1.65. The van der Waals surface area contributed by atoms with Crippen molar-refractivity contribution in [1.29, 1.82) is 0 Å². The van der Waals surface area contributed by atoms with Crippen LogP contribution in [0.25, 0.3) is 0 Å². The molecular weight excluding hydrogens is 380 g/mol. The zero-order valence-corrected chi connectivity index (χ0v) is 17.0. The number of nitrogens with two attached hydrogens (primary N) is 1. The molecule has 1 saturated heterocycles. The minimum absolute atomic E-state index is 0.226. The van der Waals surface area contributed by atoms with Crippen LogP contribution < -0.4 is 20.7 Å². The number of aromatic nitrogens is 4. The van der Waals surface area contributed by atoms with Gasteiger partial charge >= 0.3 is 0 Å². The highest BCUT2D eigenvalue weighted by Crippen LogP contribution is 2.15. The number of nitrogens with zero attached hydrogens (tertiary/aromatic N) is 6. The Morgan fingerprint density at radius 1 is 1.00 bits per heavy atom. The van der Waals surface area contributed by atoms with E-state index >= 15 is 0 Å². The molecule has 1 fully saturated rings. The average Bonchev–Trinajstić information content (AvgIpc) is 2.79. The Morgan fingerprint density at radius 3 is 2.50 bits per heavy atom. The average molecular weight is 406 g/mol. The molecule has 0 bridgehead atoms. The monoisotopic (exact) mass is 406 g/mol. The fourth-order valence-corrected chi connectivity index (χ4v) is 3.39. The number of benzene rings is 1. The largest absolute Gasteiger partial charge is 0.497 e. The molecule has 0 saturated carbocycles. The van der Waals surface area contributed by atoms with Crippen molar-refractivity contribution in [1.82, 2.24) is 24.8 Å². The van der Waals surface area contributed by atoms with Crippen LogP contribution in [0.1, 0.15) is 11.4 Å². The summed E-state index contributed by atoms with van der Waals surface area (Å²) in [4.78, 5) is 22.1. The lowest BCUT2D eigenvalue weighted by Crippen LogP contribution is -2.46. The molecule has 3 aromatic rings. The predicted octanol–water partition coefficient (Wildman–Crippen LogP) is 1.79. The highest BCUT2D eigenvalue weighted by molar-refractivity contribution is 5.38. The second-order valence-corrected chi connectivity index (χ2v) is 7.09. The van der Waals surface area contributed by atoms with Gasteiger partial charge in [0.25, 0.3) is 0 Å². The highest BCUT2D eigenvalue weighted by atomic mass is 16.5. The van der Waals surface area contributed by atoms with Crippen molar-refractivity contribution in [3.05, 3.63) is 60.0 Å². The van der Waals surface area contributed by atoms with Crippen LogP contribution in [0, 0.1) is 0 Å². The van der Waals surface area contributed by atoms with Crippen LogP contribution in [0.3, 0.4) is 0 Å². The van der Waals surface area contributed by atoms with Gasteiger partial charge in [0.15, 0.2) is 0 Å². The van der Waals surface area contributed by atoms with Crippen molar-refractivity contribution < 1.29 is 4.74 Å². The van der Waals surface area contributed by atoms with E-state index in [0.29, 0.717) is 24.9 Å². The van der Waals surface area contributed by atoms with Gasteiger partial charge in [0, 0.05) is 38.9 Å². The van der Waals surface area contributed by atoms with E-state index in [9.17, 15) is 0 Å². The maximum Gasteiger partial charge on any atom is 0.228 e. The van der Waals surface area contributed by atoms with Gasteiger partial charge in [-0.1, -0.05) is 18.2 Å². The number of nitrogen functional groups attached to an aromatic ring is 1. The van der Waals surface area contributed by atoms with E-state index in [-0.39, 0.29) is 5.95 Å². The summed E-state index contributed by atoms with van der Waals surface area (Å²) < 4.78 is 5.19. The SMILES string of the molecule is COc1ccc(CNc2nc(N)nc(CN3CCN(c4ccccn4)CC3)n2)cc1. The van der Waals surface area contributed by atoms with Crippen molar-refractivity contribution in [3.8, 4) is 5.75 Å². The number of methoxy groups -OCH3 is 1. The first kappa shape index (κ1) is 19.8. The van der Waals surface area contributed by atoms with Gasteiger partial charge in [-0.25, -0.2) is 4.98 Å². The molecule has 3 heterocycles. The fourth-order valence-electron chi connectivity index (χ4n) is 3.39. The number of piperazine rings is 1. The van der Waals surface area contributed by atoms with Crippen LogP contribution >= 0.6 is 0 Å². The molecule has 3 N–H and O–H groups in total. The smallest absolute Gasteiger partial charge is 0.228 e. The molecule has 0 amide bonds. The highest BCUT2D eigenvalue weighted by Gasteiger charge is 2.19. The molecule has 1 aliphatic heterocycles. The van der Waals surface area contributed by atoms with E-state index in [1.54, 1.807) is 7.11 Å². The number of hydrogen-bond acceptors (Lipinski definition) is 9. The van der Waals surface area contributed by atoms with Gasteiger partial charge in [-0.15, -0.1) is 0 Å². The number of hydrogen-bond donors (Lipinski definition) is 2. The van der Waals surface area contributed by atoms with E-state index < -0.39 is 0 Å². The molecule has 0 radical (unpaired) electrons. The summed E-state index contributed by atoms with van der Waals surface area (Å²) >= 11 is 0. The molecule has 1 aliphatic rings. The molecule has 0 spiro atoms. The zero-order valence-electron chi connectivity index (χ0n) is 17.0. The van der Waals surface area contributed by atoms with Gasteiger partial charge in [-0.2, -0.15) is 15.0 Å². The summed E-state index contributed by atoms with van der Waals surface area (Å²) in [6, 6.07) is 13.8. The van der Waals surface area contributed by atoms with Crippen LogP contribution in [0.2, 0.25) is 0 Å². The van der Waals surface area contributed by atoms with E-state index in [4.69, 9.17) is 10.5 Å². The Balaban J connectivity index is 1.33. The Kier molecular flexibility index (Phi) is 6.19. The minimum Gasteiger partial charge on any atom is -0.497 e. The molecule has 2 aromatic heterocycles. The van der Waals surface area contributed by atoms with E-state index in [0.717, 1.165) is 43.3 Å². The Labute approximate surface area is 175 Å². The second kappa shape index (κ2) is 9.36. The third-order valence-corrected chi connectivity index (χ3v) is 5.02. The molecule has 9 heteroatoms. The summed E-state index contributed by atoms with van der Waals surface area (Å²) in [5.41, 5.74) is 7.01. The first-order valence-corrected chi connectivity index (χ1v) is 9.95. The molecule has 0 aliphatic carbocycles. The summed E-state index contributed by atoms with van der Waals surface area (Å²) in [6.07, 6.45) is 1.83. The normalized spacial score (nSPS) is 14.5. The van der Waals surface area contributed by atoms with Crippen LogP contribution in [0.5, 0.6) is 5.75 Å². The molecule has 0 atom stereocenters. The standard InChI is InChI=1S/C21H26N8O/c1-30-17-7-5-16(6-8-17)14-24-21-26-18(25-20(22)27-21)15-28-10-12-29(13-11-28)19-4-2-3-9-23-19/h2-9H,10-15H2,1H3,(H3,22,24,25,26,27). The Hall–Kier alpha value is -3.46. The van der Waals surface area contributed by atoms with Gasteiger partial charge in [-0.05, 0) is 29.8 Å². The predicted molar refractivity (Wildman–Crippen MR) is 116 cm³/mol. The number of nitrogens with one attached hydrogen (secondary N) is 1. The van der Waals surface area contributed by atoms with Gasteiger partial charge in [0.1, 0.15) is 17.4 Å². The van der Waals surface area contributed by atoms with Gasteiger partial charge in [-0.3, -0.25) is 4.90 Å². The van der Waals surface area contributed by atoms with Crippen molar-refractivity contribution in [2.45, 2.75) is 13.1 Å². The van der Waals surface area contributed by atoms with Crippen LogP contribution in [-0.2, 0) is 13.1 Å². The molecule has 30 heavy (non-hydrogen) atoms. The third kappa shape index (κ3) is 5.12. The molecule has 1 aromatic carbocycles. The topological polar surface area (TPSA) is 105 Å².